The van der Waals surface area contributed by atoms with Crippen molar-refractivity contribution >= 4 is 22.7 Å². The molecule has 78 heavy (non-hydrogen) atoms. The standard InChI is InChI=1S/C68H82N2O8/c1-5-39-71-65(15-1)75-45-49-19-29-55(30-20-49)69(56-31-21-50(22-32-56)46-76-66-16-2-6-40-72-66)59-37-27-53-11-9-13-61-62-14-10-12-54(63(61)43-59)28-38-60(44-64(53)62)70(57-33-23-51(24-34-57)47-77-67-17-3-7-41-73-67)58-35-25-52(26-36-58)48-78-68-18-4-8-42-74-68/h9-10,13-14,19-26,29-36,59-60,65-68H,1-8,11-12,15-18,27-28,37-48H2. The first-order valence-corrected chi connectivity index (χ1v) is 30.0. The quantitative estimate of drug-likeness (QED) is 0.0961. The van der Waals surface area contributed by atoms with E-state index in [0.717, 1.165) is 155 Å². The van der Waals surface area contributed by atoms with Gasteiger partial charge in [-0.3, -0.25) is 0 Å². The van der Waals surface area contributed by atoms with Gasteiger partial charge in [-0.25, -0.2) is 0 Å². The van der Waals surface area contributed by atoms with Crippen LogP contribution in [0.3, 0.4) is 0 Å². The fourth-order valence-electron chi connectivity index (χ4n) is 13.1. The zero-order chi connectivity index (χ0) is 52.3. The topological polar surface area (TPSA) is 80.3 Å². The number of ether oxygens (including phenoxy) is 8. The average molecular weight is 1060 g/mol. The first-order chi connectivity index (χ1) is 38.6. The van der Waals surface area contributed by atoms with Crippen LogP contribution in [0.4, 0.5) is 22.7 Å². The molecular weight excluding hydrogens is 973 g/mol. The van der Waals surface area contributed by atoms with E-state index < -0.39 is 0 Å². The van der Waals surface area contributed by atoms with Crippen molar-refractivity contribution in [2.75, 3.05) is 36.2 Å². The Labute approximate surface area is 464 Å². The Morgan fingerprint density at radius 1 is 0.359 bits per heavy atom. The van der Waals surface area contributed by atoms with Gasteiger partial charge >= 0.3 is 0 Å². The highest BCUT2D eigenvalue weighted by atomic mass is 16.7. The molecule has 0 radical (unpaired) electrons. The highest BCUT2D eigenvalue weighted by Gasteiger charge is 2.34. The molecule has 4 saturated heterocycles. The maximum atomic E-state index is 6.28. The summed E-state index contributed by atoms with van der Waals surface area (Å²) in [6.07, 6.45) is 30.3. The Balaban J connectivity index is 0.859. The number of hydrogen-bond acceptors (Lipinski definition) is 10. The summed E-state index contributed by atoms with van der Waals surface area (Å²) < 4.78 is 48.8. The minimum absolute atomic E-state index is 0.118. The minimum atomic E-state index is -0.118. The fraction of sp³-hybridized carbons (Fsp3) is 0.500. The fourth-order valence-corrected chi connectivity index (χ4v) is 13.1. The van der Waals surface area contributed by atoms with Crippen LogP contribution in [-0.2, 0) is 64.3 Å². The van der Waals surface area contributed by atoms with Gasteiger partial charge in [-0.2, -0.15) is 0 Å². The predicted molar refractivity (Wildman–Crippen MR) is 307 cm³/mol. The Bertz CT molecular complexity index is 2420. The zero-order valence-corrected chi connectivity index (χ0v) is 46.0. The molecule has 0 amide bonds. The maximum Gasteiger partial charge on any atom is 0.158 e. The second-order valence-electron chi connectivity index (χ2n) is 22.8. The van der Waals surface area contributed by atoms with Crippen LogP contribution in [0.15, 0.2) is 155 Å². The highest BCUT2D eigenvalue weighted by molar-refractivity contribution is 5.69. The largest absolute Gasteiger partial charge is 0.353 e. The predicted octanol–water partition coefficient (Wildman–Crippen LogP) is 15.8. The lowest BCUT2D eigenvalue weighted by molar-refractivity contribution is -0.169. The second-order valence-corrected chi connectivity index (χ2v) is 22.8. The SMILES string of the molecule is C1=CC2=C3C=CCC4=C2CC(N(c2ccc(COC5CCCCO5)cc2)c2ccc(COC5CCCCO5)cc2)CCC(=C3CC(N(c2ccc(COC3CCCCO3)cc2)c2ccc(COC3CCCCO3)cc2)CC4)C1. The molecule has 10 heteroatoms. The summed E-state index contributed by atoms with van der Waals surface area (Å²) in [6, 6.07) is 37.1. The molecule has 4 heterocycles. The van der Waals surface area contributed by atoms with Crippen molar-refractivity contribution in [2.45, 2.75) is 192 Å². The number of allylic oxidation sites excluding steroid dienone is 8. The van der Waals surface area contributed by atoms with Gasteiger partial charge in [-0.05, 0) is 221 Å². The lowest BCUT2D eigenvalue weighted by Crippen LogP contribution is -2.33. The molecule has 4 fully saturated rings. The molecule has 0 saturated carbocycles. The van der Waals surface area contributed by atoms with Crippen molar-refractivity contribution in [1.82, 2.24) is 0 Å². The van der Waals surface area contributed by atoms with Gasteiger partial charge in [0.2, 0.25) is 0 Å². The van der Waals surface area contributed by atoms with E-state index in [9.17, 15) is 0 Å². The Morgan fingerprint density at radius 2 is 0.654 bits per heavy atom. The van der Waals surface area contributed by atoms with Crippen LogP contribution in [0.2, 0.25) is 0 Å². The van der Waals surface area contributed by atoms with Gasteiger partial charge in [0, 0.05) is 61.3 Å². The molecule has 6 bridgehead atoms. The Hall–Kier alpha value is -5.14. The molecule has 4 aliphatic heterocycles. The van der Waals surface area contributed by atoms with Crippen LogP contribution in [-0.4, -0.2) is 63.7 Å². The average Bonchev–Trinajstić information content (AvgIpc) is 3.79. The summed E-state index contributed by atoms with van der Waals surface area (Å²) in [7, 11) is 0. The molecule has 412 valence electrons. The van der Waals surface area contributed by atoms with Gasteiger partial charge in [0.15, 0.2) is 25.2 Å². The van der Waals surface area contributed by atoms with E-state index in [0.29, 0.717) is 26.4 Å². The lowest BCUT2D eigenvalue weighted by Gasteiger charge is -2.37. The lowest BCUT2D eigenvalue weighted by atomic mass is 9.85. The van der Waals surface area contributed by atoms with Crippen molar-refractivity contribution in [2.24, 2.45) is 0 Å². The van der Waals surface area contributed by atoms with Crippen LogP contribution in [0.25, 0.3) is 0 Å². The molecule has 8 aliphatic rings. The summed E-state index contributed by atoms with van der Waals surface area (Å²) in [4.78, 5) is 5.31. The van der Waals surface area contributed by atoms with Crippen LogP contribution in [0, 0.1) is 0 Å². The number of rotatable bonds is 18. The third-order valence-corrected chi connectivity index (χ3v) is 17.4. The van der Waals surface area contributed by atoms with E-state index in [2.05, 4.69) is 131 Å². The molecular formula is C68H82N2O8. The molecule has 0 N–H and O–H groups in total. The van der Waals surface area contributed by atoms with Crippen molar-refractivity contribution in [3.05, 3.63) is 177 Å². The summed E-state index contributed by atoms with van der Waals surface area (Å²) >= 11 is 0. The van der Waals surface area contributed by atoms with Gasteiger partial charge in [0.1, 0.15) is 0 Å². The molecule has 0 spiro atoms. The van der Waals surface area contributed by atoms with Crippen LogP contribution >= 0.6 is 0 Å². The van der Waals surface area contributed by atoms with E-state index in [1.165, 1.54) is 67.3 Å². The second kappa shape index (κ2) is 26.4. The third kappa shape index (κ3) is 13.4. The molecule has 4 aromatic carbocycles. The molecule has 6 atom stereocenters. The van der Waals surface area contributed by atoms with Gasteiger partial charge < -0.3 is 47.7 Å². The van der Waals surface area contributed by atoms with E-state index in [1.807, 2.05) is 0 Å². The molecule has 4 aliphatic carbocycles. The number of nitrogens with zero attached hydrogens (tertiary/aromatic N) is 2. The van der Waals surface area contributed by atoms with Crippen LogP contribution in [0.1, 0.15) is 151 Å². The first kappa shape index (κ1) is 53.5. The van der Waals surface area contributed by atoms with Crippen LogP contribution in [0.5, 0.6) is 0 Å². The van der Waals surface area contributed by atoms with Crippen molar-refractivity contribution in [3.63, 3.8) is 0 Å². The monoisotopic (exact) mass is 1050 g/mol. The minimum Gasteiger partial charge on any atom is -0.353 e. The van der Waals surface area contributed by atoms with Crippen molar-refractivity contribution < 1.29 is 37.9 Å². The Kier molecular flexibility index (Phi) is 18.1. The van der Waals surface area contributed by atoms with Gasteiger partial charge in [0.05, 0.1) is 26.4 Å². The molecule has 12 rings (SSSR count). The van der Waals surface area contributed by atoms with Gasteiger partial charge in [-0.15, -0.1) is 0 Å². The number of benzene rings is 4. The smallest absolute Gasteiger partial charge is 0.158 e. The number of hydrogen-bond donors (Lipinski definition) is 0. The van der Waals surface area contributed by atoms with E-state index >= 15 is 0 Å². The zero-order valence-electron chi connectivity index (χ0n) is 46.0. The molecule has 10 nitrogen and oxygen atoms in total. The summed E-state index contributed by atoms with van der Waals surface area (Å²) in [5.74, 6) is 0. The van der Waals surface area contributed by atoms with Crippen molar-refractivity contribution in [3.8, 4) is 0 Å². The van der Waals surface area contributed by atoms with E-state index in [1.54, 1.807) is 11.1 Å². The first-order valence-electron chi connectivity index (χ1n) is 30.0. The molecule has 6 unspecified atom stereocenters. The molecule has 0 aromatic heterocycles. The normalized spacial score (nSPS) is 25.7. The highest BCUT2D eigenvalue weighted by Crippen LogP contribution is 2.47. The number of anilines is 4. The van der Waals surface area contributed by atoms with E-state index in [4.69, 9.17) is 37.9 Å². The van der Waals surface area contributed by atoms with Gasteiger partial charge in [-0.1, -0.05) is 84.0 Å². The summed E-state index contributed by atoms with van der Waals surface area (Å²) in [5.41, 5.74) is 18.5. The van der Waals surface area contributed by atoms with E-state index in [-0.39, 0.29) is 37.2 Å². The summed E-state index contributed by atoms with van der Waals surface area (Å²) in [5, 5.41) is 0. The van der Waals surface area contributed by atoms with Gasteiger partial charge in [0.25, 0.3) is 0 Å². The maximum absolute atomic E-state index is 6.28. The third-order valence-electron chi connectivity index (χ3n) is 17.4. The van der Waals surface area contributed by atoms with Crippen molar-refractivity contribution in [1.29, 1.82) is 0 Å². The summed E-state index contributed by atoms with van der Waals surface area (Å²) in [6.45, 7) is 5.30. The van der Waals surface area contributed by atoms with Crippen LogP contribution < -0.4 is 9.80 Å². The Morgan fingerprint density at radius 3 is 0.923 bits per heavy atom. The molecule has 4 aromatic rings.